The van der Waals surface area contributed by atoms with E-state index in [4.69, 9.17) is 4.74 Å². The minimum Gasteiger partial charge on any atom is -0.497 e. The maximum Gasteiger partial charge on any atom is 0.281 e. The quantitative estimate of drug-likeness (QED) is 0.0239. The van der Waals surface area contributed by atoms with Gasteiger partial charge in [0, 0.05) is 47.5 Å². The molecule has 0 aliphatic heterocycles. The number of hydrogen-bond donors (Lipinski definition) is 15. The van der Waals surface area contributed by atoms with Gasteiger partial charge in [-0.25, -0.2) is 24.9 Å². The molecule has 0 bridgehead atoms. The predicted octanol–water partition coefficient (Wildman–Crippen LogP) is 17.9. The Bertz CT molecular complexity index is 7600. The predicted molar refractivity (Wildman–Crippen MR) is 563 cm³/mol. The van der Waals surface area contributed by atoms with Crippen molar-refractivity contribution in [2.75, 3.05) is 33.7 Å². The fourth-order valence-corrected chi connectivity index (χ4v) is 19.0. The Kier molecular flexibility index (Phi) is 30.8. The summed E-state index contributed by atoms with van der Waals surface area (Å²) in [5, 5.41) is 68.2. The van der Waals surface area contributed by atoms with Crippen molar-refractivity contribution in [2.45, 2.75) is 96.9 Å². The SMILES string of the molecule is CC(C)(NC(=O)c1nc2c(NC(=O)c3ccccn3)[nH]nc2s1)c1ccccc1.CC(C)(NC(=O)c1nc2c(NC(=O)c3cccnc3)[nH]nc2s1)c1ccccc1.CC(C)(NC(=O)c1nc2c(NC(=O)c3ccncc3)[nH]nc2s1)c1ccccc1.CC(C)(NC(=O)c1nc2c(NC(=O)c3ccsc3)[nH]nc2s1)c1ccccc1.COc1ccc(C(=O)Nc2[nH]nc3sc(C(=O)NC(C)(C)c4ccccc4)nc23)cc1. The number of H-pyrrole nitrogens is 5. The molecule has 0 saturated heterocycles. The highest BCUT2D eigenvalue weighted by atomic mass is 32.1. The Balaban J connectivity index is 0.000000131. The molecule has 738 valence electrons. The van der Waals surface area contributed by atoms with Crippen LogP contribution in [0.15, 0.2) is 266 Å². The van der Waals surface area contributed by atoms with Crippen LogP contribution in [0.3, 0.4) is 0 Å². The second-order valence-electron chi connectivity index (χ2n) is 34.8. The van der Waals surface area contributed by atoms with Crippen LogP contribution < -0.4 is 57.9 Å². The maximum atomic E-state index is 12.8. The fraction of sp³-hybridized carbons (Fsp3) is 0.158. The first-order valence-corrected chi connectivity index (χ1v) is 49.7. The average molecular weight is 2070 g/mol. The van der Waals surface area contributed by atoms with E-state index in [9.17, 15) is 47.9 Å². The van der Waals surface area contributed by atoms with Gasteiger partial charge >= 0.3 is 0 Å². The molecule has 6 aromatic carbocycles. The van der Waals surface area contributed by atoms with Crippen LogP contribution in [0, 0.1) is 0 Å². The summed E-state index contributed by atoms with van der Waals surface area (Å²) in [5.74, 6) is -0.714. The van der Waals surface area contributed by atoms with Gasteiger partial charge in [0.15, 0.2) is 78.3 Å². The van der Waals surface area contributed by atoms with Gasteiger partial charge < -0.3 is 57.9 Å². The monoisotopic (exact) mass is 2060 g/mol. The van der Waals surface area contributed by atoms with Gasteiger partial charge in [-0.2, -0.15) is 36.8 Å². The molecule has 20 rings (SSSR count). The van der Waals surface area contributed by atoms with Crippen LogP contribution in [0.2, 0.25) is 0 Å². The zero-order valence-electron chi connectivity index (χ0n) is 79.7. The van der Waals surface area contributed by atoms with Crippen LogP contribution in [0.4, 0.5) is 29.1 Å². The molecule has 39 nitrogen and oxygen atoms in total. The molecule has 45 heteroatoms. The summed E-state index contributed by atoms with van der Waals surface area (Å²) in [7, 11) is 1.56. The van der Waals surface area contributed by atoms with E-state index >= 15 is 0 Å². The number of benzene rings is 6. The second-order valence-corrected chi connectivity index (χ2v) is 40.5. The Hall–Kier alpha value is -17.5. The molecule has 0 saturated carbocycles. The van der Waals surface area contributed by atoms with Crippen LogP contribution >= 0.6 is 68.0 Å². The summed E-state index contributed by atoms with van der Waals surface area (Å²) < 4.78 is 5.11. The van der Waals surface area contributed by atoms with Crippen molar-refractivity contribution in [3.05, 3.63) is 347 Å². The van der Waals surface area contributed by atoms with Crippen molar-refractivity contribution >= 4 is 208 Å². The lowest BCUT2D eigenvalue weighted by molar-refractivity contribution is 0.0903. The van der Waals surface area contributed by atoms with Crippen LogP contribution in [0.1, 0.15) is 198 Å². The van der Waals surface area contributed by atoms with E-state index in [1.807, 2.05) is 226 Å². The van der Waals surface area contributed by atoms with Gasteiger partial charge in [0.25, 0.3) is 59.1 Å². The number of carbonyl (C=O) groups is 10. The fourth-order valence-electron chi connectivity index (χ4n) is 14.3. The van der Waals surface area contributed by atoms with Gasteiger partial charge in [0.1, 0.15) is 39.0 Å². The molecule has 10 amide bonds. The minimum absolute atomic E-state index is 0.254. The summed E-state index contributed by atoms with van der Waals surface area (Å²) in [6.45, 7) is 19.3. The lowest BCUT2D eigenvalue weighted by Gasteiger charge is -2.26. The first kappa shape index (κ1) is 101. The third-order valence-electron chi connectivity index (χ3n) is 22.2. The van der Waals surface area contributed by atoms with E-state index in [1.165, 1.54) is 47.5 Å². The smallest absolute Gasteiger partial charge is 0.281 e. The van der Waals surface area contributed by atoms with Gasteiger partial charge in [0.05, 0.1) is 45.9 Å². The first-order chi connectivity index (χ1) is 70.1. The van der Waals surface area contributed by atoms with Crippen molar-refractivity contribution in [3.8, 4) is 5.75 Å². The number of amides is 10. The molecular weight excluding hydrogens is 1970 g/mol. The van der Waals surface area contributed by atoms with Crippen molar-refractivity contribution in [1.29, 1.82) is 0 Å². The van der Waals surface area contributed by atoms with Gasteiger partial charge in [-0.05, 0) is 169 Å². The number of methoxy groups -OCH3 is 1. The Morgan fingerprint density at radius 1 is 0.274 bits per heavy atom. The van der Waals surface area contributed by atoms with Crippen LogP contribution in [0.25, 0.3) is 51.7 Å². The highest BCUT2D eigenvalue weighted by molar-refractivity contribution is 7.21. The zero-order valence-corrected chi connectivity index (χ0v) is 84.6. The molecular formula is C101H92N28O11S6. The number of anilines is 5. The summed E-state index contributed by atoms with van der Waals surface area (Å²) in [4.78, 5) is 162. The summed E-state index contributed by atoms with van der Waals surface area (Å²) in [5.41, 5.74) is 6.51. The van der Waals surface area contributed by atoms with E-state index in [-0.39, 0.29) is 84.8 Å². The van der Waals surface area contributed by atoms with Crippen LogP contribution in [0.5, 0.6) is 5.75 Å². The van der Waals surface area contributed by atoms with Gasteiger partial charge in [0.2, 0.25) is 0 Å². The molecule has 0 aliphatic rings. The highest BCUT2D eigenvalue weighted by Crippen LogP contribution is 2.36. The number of thiophene rings is 1. The number of nitrogens with one attached hydrogen (secondary N) is 15. The number of aromatic amines is 5. The second kappa shape index (κ2) is 44.3. The Labute approximate surface area is 855 Å². The molecule has 0 spiro atoms. The largest absolute Gasteiger partial charge is 0.497 e. The van der Waals surface area contributed by atoms with Gasteiger partial charge in [-0.3, -0.25) is 88.4 Å². The molecule has 15 N–H and O–H groups in total. The average Bonchev–Trinajstić information content (AvgIpc) is 1.66. The summed E-state index contributed by atoms with van der Waals surface area (Å²) in [6.07, 6.45) is 7.67. The minimum atomic E-state index is -0.570. The number of thiazole rings is 5. The summed E-state index contributed by atoms with van der Waals surface area (Å²) >= 11 is 7.24. The van der Waals surface area contributed by atoms with Crippen molar-refractivity contribution < 1.29 is 52.7 Å². The van der Waals surface area contributed by atoms with Crippen LogP contribution in [-0.2, 0) is 27.7 Å². The number of pyridine rings is 3. The van der Waals surface area contributed by atoms with E-state index in [0.717, 1.165) is 73.2 Å². The van der Waals surface area contributed by atoms with E-state index in [0.29, 0.717) is 114 Å². The molecule has 14 aromatic heterocycles. The maximum absolute atomic E-state index is 12.8. The van der Waals surface area contributed by atoms with Crippen molar-refractivity contribution in [3.63, 3.8) is 0 Å². The number of nitrogens with zero attached hydrogens (tertiary/aromatic N) is 13. The lowest BCUT2D eigenvalue weighted by atomic mass is 9.94. The molecule has 0 aliphatic carbocycles. The third kappa shape index (κ3) is 24.4. The Morgan fingerprint density at radius 2 is 0.562 bits per heavy atom. The standard InChI is InChI=1S/C22H21N5O3S.3C20H18N6O2S.C19H17N5O2S2/c1-22(2,14-7-5-4-6-8-14)25-19(29)21-23-16-17(26-27-20(16)31-21)24-18(28)13-9-11-15(30-3)12-10-13;1-20(2,13-8-4-3-5-9-13)24-17(28)19-22-14-15(25-26-18(14)29-19)23-16(27)12-7-6-10-21-11-12;1-20(2,12-8-4-3-5-9-12)24-17(28)19-22-14-15(25-26-18(14)29-19)23-16(27)13-10-6-7-11-21-13;1-20(2,13-6-4-3-5-7-13)24-17(28)19-22-14-15(25-26-18(14)29-19)23-16(27)12-8-10-21-11-9-12;1-19(2,12-6-4-3-5-7-12)22-16(26)18-20-13-14(23-24-17(13)28-18)21-15(25)11-8-9-27-10-11/h4-12H,1-3H3,(H,25,29)(H2,24,26,27,28);3*3-11H,1-2H3,(H,24,28)(H2,23,25,26,27);3-10H,1-2H3,(H,22,26)(H2,21,23,24,25). The third-order valence-corrected chi connectivity index (χ3v) is 27.7. The molecule has 0 fully saturated rings. The molecule has 0 unspecified atom stereocenters. The van der Waals surface area contributed by atoms with E-state index < -0.39 is 27.7 Å². The molecule has 0 atom stereocenters. The highest BCUT2D eigenvalue weighted by Gasteiger charge is 2.34. The number of carbonyl (C=O) groups excluding carboxylic acids is 10. The number of fused-ring (bicyclic) bond motifs is 5. The van der Waals surface area contributed by atoms with E-state index in [1.54, 1.807) is 91.5 Å². The molecule has 20 aromatic rings. The molecule has 14 heterocycles. The Morgan fingerprint density at radius 3 is 0.836 bits per heavy atom. The van der Waals surface area contributed by atoms with Crippen molar-refractivity contribution in [2.24, 2.45) is 0 Å². The number of ether oxygens (including phenoxy) is 1. The topological polar surface area (TPSA) is 547 Å². The van der Waals surface area contributed by atoms with Gasteiger partial charge in [-0.1, -0.05) is 214 Å². The normalized spacial score (nSPS) is 11.4. The summed E-state index contributed by atoms with van der Waals surface area (Å²) in [6, 6.07) is 68.6. The number of aromatic nitrogens is 18. The zero-order chi connectivity index (χ0) is 103. The molecule has 0 radical (unpaired) electrons. The number of rotatable bonds is 26. The first-order valence-electron chi connectivity index (χ1n) is 44.7. The molecule has 146 heavy (non-hydrogen) atoms. The lowest BCUT2D eigenvalue weighted by Crippen LogP contribution is -2.40. The van der Waals surface area contributed by atoms with E-state index in [2.05, 4.69) is 144 Å². The number of hydrogen-bond acceptors (Lipinski definition) is 30. The van der Waals surface area contributed by atoms with Crippen molar-refractivity contribution in [1.82, 2.24) is 117 Å². The van der Waals surface area contributed by atoms with Gasteiger partial charge in [-0.15, -0.1) is 0 Å². The van der Waals surface area contributed by atoms with Crippen LogP contribution in [-0.4, -0.2) is 157 Å².